The molecule has 6 heteroatoms. The average molecular weight is 255 g/mol. The van der Waals surface area contributed by atoms with Crippen LogP contribution in [0.5, 0.6) is 5.75 Å². The van der Waals surface area contributed by atoms with Crippen LogP contribution in [-0.2, 0) is 4.74 Å². The Morgan fingerprint density at radius 1 is 1.33 bits per heavy atom. The van der Waals surface area contributed by atoms with Crippen molar-refractivity contribution in [2.24, 2.45) is 0 Å². The summed E-state index contributed by atoms with van der Waals surface area (Å²) < 4.78 is 10.4. The highest BCUT2D eigenvalue weighted by Crippen LogP contribution is 2.25. The van der Waals surface area contributed by atoms with Crippen LogP contribution in [0.15, 0.2) is 24.3 Å². The van der Waals surface area contributed by atoms with Gasteiger partial charge in [-0.25, -0.2) is 0 Å². The van der Waals surface area contributed by atoms with Gasteiger partial charge in [0.05, 0.1) is 17.6 Å². The SMILES string of the molecule is CC(C)OCC(O)COc1ccccc1[N+](=O)[O-]. The minimum Gasteiger partial charge on any atom is -0.484 e. The van der Waals surface area contributed by atoms with Crippen molar-refractivity contribution in [3.05, 3.63) is 34.4 Å². The van der Waals surface area contributed by atoms with Gasteiger partial charge < -0.3 is 14.6 Å². The number of aliphatic hydroxyl groups is 1. The minimum atomic E-state index is -0.813. The number of aliphatic hydroxyl groups excluding tert-OH is 1. The predicted octanol–water partition coefficient (Wildman–Crippen LogP) is 1.76. The first-order chi connectivity index (χ1) is 8.50. The number of para-hydroxylation sites is 2. The highest BCUT2D eigenvalue weighted by atomic mass is 16.6. The van der Waals surface area contributed by atoms with Crippen molar-refractivity contribution in [3.63, 3.8) is 0 Å². The molecule has 0 aromatic heterocycles. The highest BCUT2D eigenvalue weighted by molar-refractivity contribution is 5.45. The number of ether oxygens (including phenoxy) is 2. The summed E-state index contributed by atoms with van der Waals surface area (Å²) in [5.74, 6) is 0.145. The molecule has 1 unspecified atom stereocenters. The van der Waals surface area contributed by atoms with Crippen LogP contribution in [0.3, 0.4) is 0 Å². The molecule has 1 rings (SSSR count). The molecule has 0 aliphatic rings. The van der Waals surface area contributed by atoms with E-state index in [1.165, 1.54) is 12.1 Å². The van der Waals surface area contributed by atoms with Gasteiger partial charge in [-0.2, -0.15) is 0 Å². The molecule has 1 N–H and O–H groups in total. The molecule has 0 heterocycles. The normalized spacial score (nSPS) is 12.4. The maximum Gasteiger partial charge on any atom is 0.310 e. The number of hydrogen-bond acceptors (Lipinski definition) is 5. The van der Waals surface area contributed by atoms with E-state index in [-0.39, 0.29) is 30.8 Å². The third-order valence-electron chi connectivity index (χ3n) is 2.12. The van der Waals surface area contributed by atoms with Crippen molar-refractivity contribution < 1.29 is 19.5 Å². The van der Waals surface area contributed by atoms with Gasteiger partial charge in [-0.3, -0.25) is 10.1 Å². The smallest absolute Gasteiger partial charge is 0.310 e. The molecule has 0 aliphatic carbocycles. The van der Waals surface area contributed by atoms with Crippen LogP contribution in [0.2, 0.25) is 0 Å². The van der Waals surface area contributed by atoms with Crippen molar-refractivity contribution in [2.45, 2.75) is 26.1 Å². The Kier molecular flexibility index (Phi) is 5.54. The molecule has 1 aromatic carbocycles. The molecule has 0 amide bonds. The fourth-order valence-corrected chi connectivity index (χ4v) is 1.27. The summed E-state index contributed by atoms with van der Waals surface area (Å²) in [6, 6.07) is 6.04. The first-order valence-corrected chi connectivity index (χ1v) is 5.66. The number of hydrogen-bond donors (Lipinski definition) is 1. The predicted molar refractivity (Wildman–Crippen MR) is 65.7 cm³/mol. The Morgan fingerprint density at radius 3 is 2.61 bits per heavy atom. The van der Waals surface area contributed by atoms with Crippen LogP contribution < -0.4 is 4.74 Å². The Bertz CT molecular complexity index is 394. The lowest BCUT2D eigenvalue weighted by atomic mass is 10.3. The van der Waals surface area contributed by atoms with Crippen LogP contribution in [0, 0.1) is 10.1 Å². The summed E-state index contributed by atoms with van der Waals surface area (Å²) in [5, 5.41) is 20.3. The van der Waals surface area contributed by atoms with Crippen molar-refractivity contribution in [1.29, 1.82) is 0 Å². The summed E-state index contributed by atoms with van der Waals surface area (Å²) >= 11 is 0. The molecule has 0 saturated heterocycles. The monoisotopic (exact) mass is 255 g/mol. The molecular weight excluding hydrogens is 238 g/mol. The van der Waals surface area contributed by atoms with E-state index in [1.807, 2.05) is 13.8 Å². The molecule has 0 saturated carbocycles. The number of nitro groups is 1. The third kappa shape index (κ3) is 4.68. The molecule has 0 aliphatic heterocycles. The van der Waals surface area contributed by atoms with Gasteiger partial charge in [-0.05, 0) is 19.9 Å². The second kappa shape index (κ2) is 6.93. The van der Waals surface area contributed by atoms with Gasteiger partial charge in [0.2, 0.25) is 0 Å². The fourth-order valence-electron chi connectivity index (χ4n) is 1.27. The van der Waals surface area contributed by atoms with Crippen LogP contribution in [0.4, 0.5) is 5.69 Å². The molecule has 1 atom stereocenters. The fraction of sp³-hybridized carbons (Fsp3) is 0.500. The standard InChI is InChI=1S/C12H17NO5/c1-9(2)17-7-10(14)8-18-12-6-4-3-5-11(12)13(15)16/h3-6,9-10,14H,7-8H2,1-2H3. The zero-order chi connectivity index (χ0) is 13.5. The number of nitrogens with zero attached hydrogens (tertiary/aromatic N) is 1. The van der Waals surface area contributed by atoms with Crippen molar-refractivity contribution in [3.8, 4) is 5.75 Å². The number of nitro benzene ring substituents is 1. The quantitative estimate of drug-likeness (QED) is 0.593. The minimum absolute atomic E-state index is 0.0192. The van der Waals surface area contributed by atoms with Crippen molar-refractivity contribution in [1.82, 2.24) is 0 Å². The maximum atomic E-state index is 10.7. The van der Waals surface area contributed by atoms with Crippen LogP contribution in [0.25, 0.3) is 0 Å². The van der Waals surface area contributed by atoms with Crippen molar-refractivity contribution in [2.75, 3.05) is 13.2 Å². The second-order valence-electron chi connectivity index (χ2n) is 4.07. The molecule has 100 valence electrons. The van der Waals surface area contributed by atoms with E-state index in [9.17, 15) is 15.2 Å². The van der Waals surface area contributed by atoms with Gasteiger partial charge in [-0.1, -0.05) is 12.1 Å². The van der Waals surface area contributed by atoms with Crippen LogP contribution in [0.1, 0.15) is 13.8 Å². The summed E-state index contributed by atoms with van der Waals surface area (Å²) in [6.07, 6.45) is -0.794. The van der Waals surface area contributed by atoms with Crippen molar-refractivity contribution >= 4 is 5.69 Å². The Morgan fingerprint density at radius 2 is 2.00 bits per heavy atom. The molecule has 0 spiro atoms. The van der Waals surface area contributed by atoms with Gasteiger partial charge in [0.25, 0.3) is 0 Å². The lowest BCUT2D eigenvalue weighted by molar-refractivity contribution is -0.385. The van der Waals surface area contributed by atoms with E-state index in [1.54, 1.807) is 12.1 Å². The van der Waals surface area contributed by atoms with E-state index < -0.39 is 11.0 Å². The molecule has 18 heavy (non-hydrogen) atoms. The summed E-state index contributed by atoms with van der Waals surface area (Å²) in [6.45, 7) is 3.81. The Hall–Kier alpha value is -1.66. The van der Waals surface area contributed by atoms with Crippen LogP contribution in [-0.4, -0.2) is 35.5 Å². The maximum absolute atomic E-state index is 10.7. The van der Waals surface area contributed by atoms with Gasteiger partial charge in [-0.15, -0.1) is 0 Å². The molecule has 6 nitrogen and oxygen atoms in total. The van der Waals surface area contributed by atoms with E-state index >= 15 is 0 Å². The van der Waals surface area contributed by atoms with Gasteiger partial charge in [0, 0.05) is 6.07 Å². The average Bonchev–Trinajstić information content (AvgIpc) is 2.34. The highest BCUT2D eigenvalue weighted by Gasteiger charge is 2.15. The molecule has 1 aromatic rings. The largest absolute Gasteiger partial charge is 0.484 e. The molecule has 0 radical (unpaired) electrons. The van der Waals surface area contributed by atoms with E-state index in [0.29, 0.717) is 0 Å². The molecule has 0 fully saturated rings. The number of rotatable bonds is 7. The zero-order valence-corrected chi connectivity index (χ0v) is 10.4. The first-order valence-electron chi connectivity index (χ1n) is 5.66. The van der Waals surface area contributed by atoms with Crippen LogP contribution >= 0.6 is 0 Å². The second-order valence-corrected chi connectivity index (χ2v) is 4.07. The molecule has 0 bridgehead atoms. The lowest BCUT2D eigenvalue weighted by Crippen LogP contribution is -2.25. The zero-order valence-electron chi connectivity index (χ0n) is 10.4. The number of benzene rings is 1. The van der Waals surface area contributed by atoms with E-state index in [0.717, 1.165) is 0 Å². The lowest BCUT2D eigenvalue weighted by Gasteiger charge is -2.14. The molecular formula is C12H17NO5. The topological polar surface area (TPSA) is 81.8 Å². The Balaban J connectivity index is 2.50. The third-order valence-corrected chi connectivity index (χ3v) is 2.12. The van der Waals surface area contributed by atoms with E-state index in [2.05, 4.69) is 0 Å². The van der Waals surface area contributed by atoms with E-state index in [4.69, 9.17) is 9.47 Å². The van der Waals surface area contributed by atoms with Gasteiger partial charge in [0.15, 0.2) is 5.75 Å². The summed E-state index contributed by atoms with van der Waals surface area (Å²) in [7, 11) is 0. The Labute approximate surface area is 105 Å². The first kappa shape index (κ1) is 14.4. The van der Waals surface area contributed by atoms with Gasteiger partial charge in [0.1, 0.15) is 12.7 Å². The van der Waals surface area contributed by atoms with Gasteiger partial charge >= 0.3 is 5.69 Å². The summed E-state index contributed by atoms with van der Waals surface area (Å²) in [4.78, 5) is 10.2. The summed E-state index contributed by atoms with van der Waals surface area (Å²) in [5.41, 5.74) is -0.116.